The van der Waals surface area contributed by atoms with E-state index in [2.05, 4.69) is 5.32 Å². The lowest BCUT2D eigenvalue weighted by Crippen LogP contribution is -2.42. The second-order valence-corrected chi connectivity index (χ2v) is 7.24. The van der Waals surface area contributed by atoms with E-state index in [1.54, 1.807) is 14.2 Å². The molecule has 0 spiro atoms. The molecule has 3 atom stereocenters. The van der Waals surface area contributed by atoms with Gasteiger partial charge in [-0.15, -0.1) is 0 Å². The van der Waals surface area contributed by atoms with Gasteiger partial charge >= 0.3 is 6.09 Å². The Kier molecular flexibility index (Phi) is 5.69. The number of fused-ring (bicyclic) bond motifs is 2. The summed E-state index contributed by atoms with van der Waals surface area (Å²) in [5.74, 6) is 0.487. The highest BCUT2D eigenvalue weighted by atomic mass is 16.7. The fourth-order valence-corrected chi connectivity index (χ4v) is 3.58. The molecule has 2 fully saturated rings. The van der Waals surface area contributed by atoms with Crippen LogP contribution in [0.15, 0.2) is 0 Å². The van der Waals surface area contributed by atoms with Crippen molar-refractivity contribution in [3.63, 3.8) is 0 Å². The quantitative estimate of drug-likeness (QED) is 0.760. The van der Waals surface area contributed by atoms with Gasteiger partial charge in [0.05, 0.1) is 0 Å². The molecular formula is C16H30N2O4. The smallest absolute Gasteiger partial charge is 0.410 e. The molecule has 128 valence electrons. The Bertz CT molecular complexity index is 379. The second-order valence-electron chi connectivity index (χ2n) is 7.24. The van der Waals surface area contributed by atoms with E-state index in [-0.39, 0.29) is 12.4 Å². The molecule has 2 heterocycles. The third kappa shape index (κ3) is 4.12. The number of methoxy groups -OCH3 is 2. The predicted octanol–water partition coefficient (Wildman–Crippen LogP) is 1.98. The topological polar surface area (TPSA) is 60.0 Å². The average Bonchev–Trinajstić information content (AvgIpc) is 2.99. The number of rotatable bonds is 6. The zero-order valence-electron chi connectivity index (χ0n) is 14.4. The van der Waals surface area contributed by atoms with Gasteiger partial charge in [-0.25, -0.2) is 4.79 Å². The van der Waals surface area contributed by atoms with Gasteiger partial charge in [0.2, 0.25) is 0 Å². The lowest BCUT2D eigenvalue weighted by molar-refractivity contribution is -0.0990. The van der Waals surface area contributed by atoms with Crippen LogP contribution < -0.4 is 5.32 Å². The lowest BCUT2D eigenvalue weighted by atomic mass is 9.89. The molecule has 1 N–H and O–H groups in total. The monoisotopic (exact) mass is 314 g/mol. The molecule has 3 unspecified atom stereocenters. The van der Waals surface area contributed by atoms with Gasteiger partial charge in [-0.3, -0.25) is 0 Å². The van der Waals surface area contributed by atoms with Crippen molar-refractivity contribution in [2.45, 2.75) is 64.0 Å². The number of nitrogens with one attached hydrogen (secondary N) is 1. The molecule has 0 aromatic carbocycles. The van der Waals surface area contributed by atoms with E-state index < -0.39 is 5.60 Å². The predicted molar refractivity (Wildman–Crippen MR) is 83.7 cm³/mol. The molecule has 2 aliphatic heterocycles. The van der Waals surface area contributed by atoms with E-state index >= 15 is 0 Å². The minimum Gasteiger partial charge on any atom is -0.444 e. The summed E-state index contributed by atoms with van der Waals surface area (Å²) in [4.78, 5) is 14.4. The van der Waals surface area contributed by atoms with E-state index in [0.29, 0.717) is 24.5 Å². The van der Waals surface area contributed by atoms with Crippen LogP contribution in [0.25, 0.3) is 0 Å². The normalized spacial score (nSPS) is 27.7. The Morgan fingerprint density at radius 1 is 1.27 bits per heavy atom. The number of hydrogen-bond acceptors (Lipinski definition) is 5. The minimum absolute atomic E-state index is 0.158. The van der Waals surface area contributed by atoms with Gasteiger partial charge in [-0.1, -0.05) is 0 Å². The van der Waals surface area contributed by atoms with Gasteiger partial charge in [-0.2, -0.15) is 0 Å². The zero-order valence-corrected chi connectivity index (χ0v) is 14.4. The van der Waals surface area contributed by atoms with Crippen LogP contribution in [0.1, 0.15) is 40.0 Å². The van der Waals surface area contributed by atoms with Crippen LogP contribution in [0.2, 0.25) is 0 Å². The van der Waals surface area contributed by atoms with E-state index in [4.69, 9.17) is 14.2 Å². The zero-order chi connectivity index (χ0) is 16.3. The minimum atomic E-state index is -0.434. The Hall–Kier alpha value is -0.850. The first kappa shape index (κ1) is 17.5. The van der Waals surface area contributed by atoms with Crippen molar-refractivity contribution in [2.75, 3.05) is 27.3 Å². The molecule has 6 nitrogen and oxygen atoms in total. The van der Waals surface area contributed by atoms with Crippen LogP contribution in [-0.2, 0) is 14.2 Å². The fourth-order valence-electron chi connectivity index (χ4n) is 3.58. The van der Waals surface area contributed by atoms with Crippen LogP contribution >= 0.6 is 0 Å². The van der Waals surface area contributed by atoms with E-state index in [0.717, 1.165) is 25.8 Å². The first-order valence-corrected chi connectivity index (χ1v) is 8.13. The summed E-state index contributed by atoms with van der Waals surface area (Å²) in [6.45, 7) is 7.28. The van der Waals surface area contributed by atoms with Gasteiger partial charge in [0, 0.05) is 39.4 Å². The maximum atomic E-state index is 12.4. The Balaban J connectivity index is 1.84. The van der Waals surface area contributed by atoms with Crippen LogP contribution in [-0.4, -0.2) is 62.3 Å². The van der Waals surface area contributed by atoms with Crippen molar-refractivity contribution < 1.29 is 19.0 Å². The molecule has 0 radical (unpaired) electrons. The Morgan fingerprint density at radius 2 is 1.95 bits per heavy atom. The maximum Gasteiger partial charge on any atom is 0.410 e. The standard InChI is InChI=1S/C16H30N2O4/c1-16(2,3)22-15(19)18-12-6-7-13(18)11(8-12)9-17-10-14(20-4)21-5/h11-14,17H,6-10H2,1-5H3. The average molecular weight is 314 g/mol. The Labute approximate surface area is 133 Å². The van der Waals surface area contributed by atoms with Gasteiger partial charge < -0.3 is 24.4 Å². The summed E-state index contributed by atoms with van der Waals surface area (Å²) in [7, 11) is 3.27. The molecule has 0 aliphatic carbocycles. The summed E-state index contributed by atoms with van der Waals surface area (Å²) >= 11 is 0. The molecule has 2 rings (SSSR count). The number of carbonyl (C=O) groups excluding carboxylic acids is 1. The highest BCUT2D eigenvalue weighted by molar-refractivity contribution is 5.70. The number of hydrogen-bond donors (Lipinski definition) is 1. The Morgan fingerprint density at radius 3 is 2.55 bits per heavy atom. The molecule has 1 amide bonds. The van der Waals surface area contributed by atoms with Crippen molar-refractivity contribution in [2.24, 2.45) is 5.92 Å². The first-order chi connectivity index (χ1) is 10.4. The summed E-state index contributed by atoms with van der Waals surface area (Å²) in [6, 6.07) is 0.642. The van der Waals surface area contributed by atoms with Gasteiger partial charge in [0.15, 0.2) is 6.29 Å². The lowest BCUT2D eigenvalue weighted by Gasteiger charge is -2.28. The molecular weight excluding hydrogens is 284 g/mol. The number of amides is 1. The van der Waals surface area contributed by atoms with E-state index in [1.807, 2.05) is 25.7 Å². The molecule has 0 saturated carbocycles. The summed E-state index contributed by atoms with van der Waals surface area (Å²) < 4.78 is 15.9. The third-order valence-electron chi connectivity index (χ3n) is 4.51. The van der Waals surface area contributed by atoms with Crippen molar-refractivity contribution >= 4 is 6.09 Å². The molecule has 0 aromatic rings. The number of ether oxygens (including phenoxy) is 3. The van der Waals surface area contributed by atoms with E-state index in [9.17, 15) is 4.79 Å². The van der Waals surface area contributed by atoms with Crippen LogP contribution in [0, 0.1) is 5.92 Å². The second kappa shape index (κ2) is 7.15. The third-order valence-corrected chi connectivity index (χ3v) is 4.51. The first-order valence-electron chi connectivity index (χ1n) is 8.13. The van der Waals surface area contributed by atoms with E-state index in [1.165, 1.54) is 0 Å². The van der Waals surface area contributed by atoms with Crippen LogP contribution in [0.3, 0.4) is 0 Å². The number of nitrogens with zero attached hydrogens (tertiary/aromatic N) is 1. The molecule has 6 heteroatoms. The van der Waals surface area contributed by atoms with Gasteiger partial charge in [0.25, 0.3) is 0 Å². The van der Waals surface area contributed by atoms with Gasteiger partial charge in [0.1, 0.15) is 5.60 Å². The highest BCUT2D eigenvalue weighted by Crippen LogP contribution is 2.42. The van der Waals surface area contributed by atoms with Crippen LogP contribution in [0.5, 0.6) is 0 Å². The largest absolute Gasteiger partial charge is 0.444 e. The van der Waals surface area contributed by atoms with Crippen molar-refractivity contribution in [1.29, 1.82) is 0 Å². The van der Waals surface area contributed by atoms with Gasteiger partial charge in [-0.05, 0) is 46.0 Å². The SMILES string of the molecule is COC(CNCC1CC2CCC1N2C(=O)OC(C)(C)C)OC. The van der Waals surface area contributed by atoms with Crippen molar-refractivity contribution in [3.8, 4) is 0 Å². The van der Waals surface area contributed by atoms with Crippen LogP contribution in [0.4, 0.5) is 4.79 Å². The van der Waals surface area contributed by atoms with Crippen molar-refractivity contribution in [3.05, 3.63) is 0 Å². The molecule has 22 heavy (non-hydrogen) atoms. The summed E-state index contributed by atoms with van der Waals surface area (Å²) in [5, 5.41) is 3.39. The maximum absolute atomic E-state index is 12.4. The summed E-state index contributed by atoms with van der Waals surface area (Å²) in [6.07, 6.45) is 2.85. The van der Waals surface area contributed by atoms with Crippen molar-refractivity contribution in [1.82, 2.24) is 10.2 Å². The highest BCUT2D eigenvalue weighted by Gasteiger charge is 2.49. The summed E-state index contributed by atoms with van der Waals surface area (Å²) in [5.41, 5.74) is -0.434. The molecule has 2 saturated heterocycles. The molecule has 2 bridgehead atoms. The fraction of sp³-hybridized carbons (Fsp3) is 0.938. The molecule has 2 aliphatic rings. The number of carbonyl (C=O) groups is 1. The molecule has 0 aromatic heterocycles.